The fourth-order valence-electron chi connectivity index (χ4n) is 1.68. The Kier molecular flexibility index (Phi) is 6.93. The summed E-state index contributed by atoms with van der Waals surface area (Å²) in [6, 6.07) is 9.80. The summed E-state index contributed by atoms with van der Waals surface area (Å²) in [6.07, 6.45) is 0. The van der Waals surface area contributed by atoms with E-state index in [1.54, 1.807) is 4.90 Å². The van der Waals surface area contributed by atoms with Gasteiger partial charge in [0.05, 0.1) is 5.75 Å². The highest BCUT2D eigenvalue weighted by molar-refractivity contribution is 8.00. The zero-order valence-electron chi connectivity index (χ0n) is 11.8. The van der Waals surface area contributed by atoms with Gasteiger partial charge < -0.3 is 15.8 Å². The second kappa shape index (κ2) is 8.47. The SMILES string of the molecule is CCN(CC(C)C(N)=NO)C(=O)CSc1ccccc1. The molecule has 0 aliphatic heterocycles. The molecule has 0 saturated heterocycles. The van der Waals surface area contributed by atoms with Gasteiger partial charge in [0.15, 0.2) is 0 Å². The van der Waals surface area contributed by atoms with Gasteiger partial charge >= 0.3 is 0 Å². The monoisotopic (exact) mass is 295 g/mol. The molecule has 1 atom stereocenters. The fraction of sp³-hybridized carbons (Fsp3) is 0.429. The van der Waals surface area contributed by atoms with Gasteiger partial charge in [-0.15, -0.1) is 11.8 Å². The number of oxime groups is 1. The largest absolute Gasteiger partial charge is 0.409 e. The second-order valence-corrected chi connectivity index (χ2v) is 5.51. The van der Waals surface area contributed by atoms with Gasteiger partial charge in [-0.25, -0.2) is 0 Å². The Morgan fingerprint density at radius 3 is 2.65 bits per heavy atom. The summed E-state index contributed by atoms with van der Waals surface area (Å²) < 4.78 is 0. The van der Waals surface area contributed by atoms with E-state index < -0.39 is 0 Å². The zero-order chi connectivity index (χ0) is 15.0. The molecule has 0 aliphatic carbocycles. The van der Waals surface area contributed by atoms with E-state index in [1.165, 1.54) is 11.8 Å². The van der Waals surface area contributed by atoms with Crippen molar-refractivity contribution in [3.05, 3.63) is 30.3 Å². The molecule has 0 saturated carbocycles. The Hall–Kier alpha value is -1.69. The summed E-state index contributed by atoms with van der Waals surface area (Å²) in [5.74, 6) is 0.428. The van der Waals surface area contributed by atoms with Gasteiger partial charge in [0.25, 0.3) is 0 Å². The predicted octanol–water partition coefficient (Wildman–Crippen LogP) is 2.01. The molecule has 0 aliphatic rings. The number of benzene rings is 1. The van der Waals surface area contributed by atoms with Crippen LogP contribution in [-0.2, 0) is 4.79 Å². The topological polar surface area (TPSA) is 78.9 Å². The first-order valence-corrected chi connectivity index (χ1v) is 7.50. The van der Waals surface area contributed by atoms with Crippen molar-refractivity contribution in [1.82, 2.24) is 4.90 Å². The van der Waals surface area contributed by atoms with Gasteiger partial charge in [0.1, 0.15) is 5.84 Å². The molecule has 1 amide bonds. The minimum Gasteiger partial charge on any atom is -0.409 e. The zero-order valence-corrected chi connectivity index (χ0v) is 12.6. The first kappa shape index (κ1) is 16.4. The lowest BCUT2D eigenvalue weighted by Gasteiger charge is -2.24. The van der Waals surface area contributed by atoms with Gasteiger partial charge in [0, 0.05) is 23.9 Å². The maximum absolute atomic E-state index is 12.2. The molecule has 0 spiro atoms. The van der Waals surface area contributed by atoms with E-state index in [1.807, 2.05) is 44.2 Å². The summed E-state index contributed by atoms with van der Waals surface area (Å²) in [4.78, 5) is 14.9. The van der Waals surface area contributed by atoms with Crippen LogP contribution in [0.4, 0.5) is 0 Å². The third-order valence-electron chi connectivity index (χ3n) is 2.95. The maximum Gasteiger partial charge on any atom is 0.232 e. The van der Waals surface area contributed by atoms with Crippen molar-refractivity contribution in [3.8, 4) is 0 Å². The van der Waals surface area contributed by atoms with Crippen LogP contribution in [0.1, 0.15) is 13.8 Å². The van der Waals surface area contributed by atoms with Crippen LogP contribution in [0.3, 0.4) is 0 Å². The quantitative estimate of drug-likeness (QED) is 0.265. The van der Waals surface area contributed by atoms with Crippen LogP contribution in [0.25, 0.3) is 0 Å². The Morgan fingerprint density at radius 2 is 2.10 bits per heavy atom. The Morgan fingerprint density at radius 1 is 1.45 bits per heavy atom. The number of hydrogen-bond donors (Lipinski definition) is 2. The number of amides is 1. The molecular formula is C14H21N3O2S. The summed E-state index contributed by atoms with van der Waals surface area (Å²) in [5.41, 5.74) is 5.54. The van der Waals surface area contributed by atoms with Crippen LogP contribution in [0.15, 0.2) is 40.4 Å². The number of hydrogen-bond acceptors (Lipinski definition) is 4. The van der Waals surface area contributed by atoms with Crippen molar-refractivity contribution in [1.29, 1.82) is 0 Å². The third kappa shape index (κ3) is 5.13. The molecule has 1 aromatic carbocycles. The highest BCUT2D eigenvalue weighted by atomic mass is 32.2. The van der Waals surface area contributed by atoms with Crippen molar-refractivity contribution in [2.45, 2.75) is 18.7 Å². The minimum atomic E-state index is -0.161. The average molecular weight is 295 g/mol. The predicted molar refractivity (Wildman–Crippen MR) is 82.0 cm³/mol. The molecule has 3 N–H and O–H groups in total. The number of amidine groups is 1. The smallest absolute Gasteiger partial charge is 0.232 e. The van der Waals surface area contributed by atoms with E-state index in [9.17, 15) is 4.79 Å². The number of carbonyl (C=O) groups is 1. The van der Waals surface area contributed by atoms with E-state index in [0.717, 1.165) is 4.90 Å². The van der Waals surface area contributed by atoms with Crippen LogP contribution in [0.2, 0.25) is 0 Å². The lowest BCUT2D eigenvalue weighted by Crippen LogP contribution is -2.39. The van der Waals surface area contributed by atoms with Crippen molar-refractivity contribution in [2.75, 3.05) is 18.8 Å². The molecular weight excluding hydrogens is 274 g/mol. The molecule has 1 unspecified atom stereocenters. The highest BCUT2D eigenvalue weighted by Gasteiger charge is 2.17. The summed E-state index contributed by atoms with van der Waals surface area (Å²) >= 11 is 1.51. The van der Waals surface area contributed by atoms with Crippen LogP contribution in [0, 0.1) is 5.92 Å². The van der Waals surface area contributed by atoms with Crippen LogP contribution in [-0.4, -0.2) is 40.7 Å². The summed E-state index contributed by atoms with van der Waals surface area (Å²) in [7, 11) is 0. The van der Waals surface area contributed by atoms with Crippen molar-refractivity contribution >= 4 is 23.5 Å². The van der Waals surface area contributed by atoms with Gasteiger partial charge in [-0.2, -0.15) is 0 Å². The minimum absolute atomic E-state index is 0.0546. The maximum atomic E-state index is 12.2. The molecule has 6 heteroatoms. The van der Waals surface area contributed by atoms with Crippen molar-refractivity contribution in [2.24, 2.45) is 16.8 Å². The van der Waals surface area contributed by atoms with Crippen LogP contribution in [0.5, 0.6) is 0 Å². The standard InChI is InChI=1S/C14H21N3O2S/c1-3-17(9-11(2)14(15)16-19)13(18)10-20-12-7-5-4-6-8-12/h4-8,11,19H,3,9-10H2,1-2H3,(H2,15,16). The number of nitrogens with zero attached hydrogens (tertiary/aromatic N) is 2. The Labute approximate surface area is 123 Å². The molecule has 0 aromatic heterocycles. The average Bonchev–Trinajstić information content (AvgIpc) is 2.50. The molecule has 0 heterocycles. The molecule has 1 aromatic rings. The molecule has 0 fully saturated rings. The Balaban J connectivity index is 2.51. The van der Waals surface area contributed by atoms with Crippen LogP contribution >= 0.6 is 11.8 Å². The van der Waals surface area contributed by atoms with E-state index in [4.69, 9.17) is 10.9 Å². The highest BCUT2D eigenvalue weighted by Crippen LogP contribution is 2.17. The summed E-state index contributed by atoms with van der Waals surface area (Å²) in [6.45, 7) is 4.82. The van der Waals surface area contributed by atoms with E-state index in [2.05, 4.69) is 5.16 Å². The van der Waals surface area contributed by atoms with E-state index >= 15 is 0 Å². The number of thioether (sulfide) groups is 1. The van der Waals surface area contributed by atoms with Gasteiger partial charge in [0.2, 0.25) is 5.91 Å². The van der Waals surface area contributed by atoms with Crippen LogP contribution < -0.4 is 5.73 Å². The number of rotatable bonds is 7. The first-order chi connectivity index (χ1) is 9.58. The first-order valence-electron chi connectivity index (χ1n) is 6.51. The number of carbonyl (C=O) groups excluding carboxylic acids is 1. The van der Waals surface area contributed by atoms with Gasteiger partial charge in [-0.3, -0.25) is 4.79 Å². The Bertz CT molecular complexity index is 451. The number of nitrogens with two attached hydrogens (primary N) is 1. The molecule has 5 nitrogen and oxygen atoms in total. The normalized spacial score (nSPS) is 13.0. The van der Waals surface area contributed by atoms with E-state index in [-0.39, 0.29) is 17.7 Å². The second-order valence-electron chi connectivity index (χ2n) is 4.46. The third-order valence-corrected chi connectivity index (χ3v) is 3.95. The fourth-order valence-corrected chi connectivity index (χ4v) is 2.51. The molecule has 0 bridgehead atoms. The molecule has 1 rings (SSSR count). The van der Waals surface area contributed by atoms with Crippen molar-refractivity contribution in [3.63, 3.8) is 0 Å². The molecule has 0 radical (unpaired) electrons. The van der Waals surface area contributed by atoms with Crippen molar-refractivity contribution < 1.29 is 10.0 Å². The lowest BCUT2D eigenvalue weighted by atomic mass is 10.1. The lowest BCUT2D eigenvalue weighted by molar-refractivity contribution is -0.128. The summed E-state index contributed by atoms with van der Waals surface area (Å²) in [5, 5.41) is 11.6. The van der Waals surface area contributed by atoms with Gasteiger partial charge in [-0.1, -0.05) is 30.3 Å². The molecule has 110 valence electrons. The van der Waals surface area contributed by atoms with E-state index in [0.29, 0.717) is 18.8 Å². The molecule has 20 heavy (non-hydrogen) atoms. The van der Waals surface area contributed by atoms with Gasteiger partial charge in [-0.05, 0) is 19.1 Å².